The van der Waals surface area contributed by atoms with Crippen molar-refractivity contribution in [2.24, 2.45) is 5.92 Å². The molecule has 1 aliphatic rings. The second kappa shape index (κ2) is 6.71. The van der Waals surface area contributed by atoms with Gasteiger partial charge in [0.05, 0.1) is 13.7 Å². The second-order valence-corrected chi connectivity index (χ2v) is 4.67. The van der Waals surface area contributed by atoms with Crippen molar-refractivity contribution in [3.05, 3.63) is 29.6 Å². The molecule has 1 heterocycles. The van der Waals surface area contributed by atoms with Gasteiger partial charge in [0.1, 0.15) is 11.6 Å². The monoisotopic (exact) mass is 253 g/mol. The molecule has 0 radical (unpaired) electrons. The molecule has 0 aromatic heterocycles. The van der Waals surface area contributed by atoms with Crippen LogP contribution >= 0.6 is 0 Å². The number of hydrogen-bond donors (Lipinski definition) is 1. The lowest BCUT2D eigenvalue weighted by Gasteiger charge is -2.22. The lowest BCUT2D eigenvalue weighted by molar-refractivity contribution is 0.0547. The van der Waals surface area contributed by atoms with Crippen LogP contribution in [0.4, 0.5) is 4.39 Å². The Bertz CT molecular complexity index is 378. The topological polar surface area (TPSA) is 30.5 Å². The van der Waals surface area contributed by atoms with Crippen LogP contribution in [0.15, 0.2) is 18.2 Å². The lowest BCUT2D eigenvalue weighted by Crippen LogP contribution is -2.29. The first kappa shape index (κ1) is 13.3. The molecule has 1 unspecified atom stereocenters. The molecule has 1 aromatic carbocycles. The molecular formula is C14H20FNO2. The largest absolute Gasteiger partial charge is 0.497 e. The lowest BCUT2D eigenvalue weighted by atomic mass is 10.0. The predicted octanol–water partition coefficient (Wildman–Crippen LogP) is 2.35. The third-order valence-electron chi connectivity index (χ3n) is 3.26. The minimum absolute atomic E-state index is 0.221. The Morgan fingerprint density at radius 1 is 1.50 bits per heavy atom. The standard InChI is InChI=1S/C14H20FNO2/c1-17-13-5-4-12(14(15)7-13)9-16-8-11-3-2-6-18-10-11/h4-5,7,11,16H,2-3,6,8-10H2,1H3. The van der Waals surface area contributed by atoms with E-state index >= 15 is 0 Å². The first-order valence-electron chi connectivity index (χ1n) is 6.40. The zero-order chi connectivity index (χ0) is 12.8. The van der Waals surface area contributed by atoms with Gasteiger partial charge < -0.3 is 14.8 Å². The van der Waals surface area contributed by atoms with Crippen molar-refractivity contribution < 1.29 is 13.9 Å². The molecule has 1 aliphatic heterocycles. The highest BCUT2D eigenvalue weighted by atomic mass is 19.1. The summed E-state index contributed by atoms with van der Waals surface area (Å²) < 4.78 is 24.0. The van der Waals surface area contributed by atoms with Crippen LogP contribution in [-0.2, 0) is 11.3 Å². The van der Waals surface area contributed by atoms with Crippen LogP contribution in [0.25, 0.3) is 0 Å². The molecule has 1 aromatic rings. The minimum Gasteiger partial charge on any atom is -0.497 e. The van der Waals surface area contributed by atoms with Gasteiger partial charge in [-0.2, -0.15) is 0 Å². The maximum atomic E-state index is 13.7. The van der Waals surface area contributed by atoms with Crippen LogP contribution in [0.3, 0.4) is 0 Å². The number of hydrogen-bond acceptors (Lipinski definition) is 3. The molecule has 0 spiro atoms. The van der Waals surface area contributed by atoms with Gasteiger partial charge in [0.25, 0.3) is 0 Å². The summed E-state index contributed by atoms with van der Waals surface area (Å²) in [4.78, 5) is 0. The zero-order valence-corrected chi connectivity index (χ0v) is 10.7. The molecule has 2 rings (SSSR count). The molecular weight excluding hydrogens is 233 g/mol. The average molecular weight is 253 g/mol. The van der Waals surface area contributed by atoms with Crippen molar-refractivity contribution in [1.82, 2.24) is 5.32 Å². The first-order chi connectivity index (χ1) is 8.79. The number of methoxy groups -OCH3 is 1. The van der Waals surface area contributed by atoms with Crippen LogP contribution < -0.4 is 10.1 Å². The van der Waals surface area contributed by atoms with Crippen molar-refractivity contribution in [2.75, 3.05) is 26.9 Å². The molecule has 3 nitrogen and oxygen atoms in total. The summed E-state index contributed by atoms with van der Waals surface area (Å²) in [6.07, 6.45) is 2.32. The smallest absolute Gasteiger partial charge is 0.131 e. The summed E-state index contributed by atoms with van der Waals surface area (Å²) in [5.74, 6) is 0.888. The third-order valence-corrected chi connectivity index (χ3v) is 3.26. The SMILES string of the molecule is COc1ccc(CNCC2CCCOC2)c(F)c1. The summed E-state index contributed by atoms with van der Waals surface area (Å²) in [6, 6.07) is 4.96. The number of nitrogens with one attached hydrogen (secondary N) is 1. The fourth-order valence-electron chi connectivity index (χ4n) is 2.18. The molecule has 1 fully saturated rings. The Hall–Kier alpha value is -1.13. The van der Waals surface area contributed by atoms with Crippen LogP contribution in [-0.4, -0.2) is 26.9 Å². The fourth-order valence-corrected chi connectivity index (χ4v) is 2.18. The average Bonchev–Trinajstić information content (AvgIpc) is 2.42. The summed E-state index contributed by atoms with van der Waals surface area (Å²) in [6.45, 7) is 3.12. The summed E-state index contributed by atoms with van der Waals surface area (Å²) in [5, 5.41) is 3.29. The maximum Gasteiger partial charge on any atom is 0.131 e. The van der Waals surface area contributed by atoms with Gasteiger partial charge >= 0.3 is 0 Å². The molecule has 0 bridgehead atoms. The normalized spacial score (nSPS) is 19.8. The van der Waals surface area contributed by atoms with E-state index in [0.29, 0.717) is 23.8 Å². The molecule has 1 saturated heterocycles. The molecule has 0 amide bonds. The number of rotatable bonds is 5. The highest BCUT2D eigenvalue weighted by Crippen LogP contribution is 2.16. The van der Waals surface area contributed by atoms with Gasteiger partial charge in [0, 0.05) is 31.3 Å². The first-order valence-corrected chi connectivity index (χ1v) is 6.40. The number of halogens is 1. The fraction of sp³-hybridized carbons (Fsp3) is 0.571. The molecule has 100 valence electrons. The van der Waals surface area contributed by atoms with E-state index in [1.54, 1.807) is 12.1 Å². The Morgan fingerprint density at radius 2 is 2.39 bits per heavy atom. The summed E-state index contributed by atoms with van der Waals surface area (Å²) in [5.41, 5.74) is 0.674. The van der Waals surface area contributed by atoms with E-state index in [4.69, 9.17) is 9.47 Å². The number of benzene rings is 1. The van der Waals surface area contributed by atoms with Gasteiger partial charge in [-0.3, -0.25) is 0 Å². The minimum atomic E-state index is -0.221. The molecule has 4 heteroatoms. The summed E-state index contributed by atoms with van der Waals surface area (Å²) >= 11 is 0. The Morgan fingerprint density at radius 3 is 3.06 bits per heavy atom. The quantitative estimate of drug-likeness (QED) is 0.873. The Labute approximate surface area is 107 Å². The van der Waals surface area contributed by atoms with E-state index in [9.17, 15) is 4.39 Å². The second-order valence-electron chi connectivity index (χ2n) is 4.67. The summed E-state index contributed by atoms with van der Waals surface area (Å²) in [7, 11) is 1.54. The predicted molar refractivity (Wildman–Crippen MR) is 68.2 cm³/mol. The van der Waals surface area contributed by atoms with E-state index in [1.165, 1.54) is 19.6 Å². The van der Waals surface area contributed by atoms with Gasteiger partial charge in [0.2, 0.25) is 0 Å². The highest BCUT2D eigenvalue weighted by Gasteiger charge is 2.13. The van der Waals surface area contributed by atoms with E-state index < -0.39 is 0 Å². The highest BCUT2D eigenvalue weighted by molar-refractivity contribution is 5.28. The van der Waals surface area contributed by atoms with Gasteiger partial charge in [0.15, 0.2) is 0 Å². The Balaban J connectivity index is 1.79. The van der Waals surface area contributed by atoms with Gasteiger partial charge in [-0.25, -0.2) is 4.39 Å². The van der Waals surface area contributed by atoms with Gasteiger partial charge in [-0.1, -0.05) is 6.07 Å². The zero-order valence-electron chi connectivity index (χ0n) is 10.7. The van der Waals surface area contributed by atoms with E-state index in [-0.39, 0.29) is 5.82 Å². The Kier molecular flexibility index (Phi) is 4.96. The molecule has 0 saturated carbocycles. The molecule has 1 atom stereocenters. The van der Waals surface area contributed by atoms with Crippen LogP contribution in [0.1, 0.15) is 18.4 Å². The third kappa shape index (κ3) is 3.68. The van der Waals surface area contributed by atoms with E-state index in [1.807, 2.05) is 0 Å². The van der Waals surface area contributed by atoms with E-state index in [0.717, 1.165) is 26.2 Å². The van der Waals surface area contributed by atoms with Crippen LogP contribution in [0.2, 0.25) is 0 Å². The van der Waals surface area contributed by atoms with Gasteiger partial charge in [-0.05, 0) is 24.8 Å². The molecule has 18 heavy (non-hydrogen) atoms. The van der Waals surface area contributed by atoms with Crippen molar-refractivity contribution in [1.29, 1.82) is 0 Å². The van der Waals surface area contributed by atoms with Gasteiger partial charge in [-0.15, -0.1) is 0 Å². The van der Waals surface area contributed by atoms with Crippen LogP contribution in [0.5, 0.6) is 5.75 Å². The van der Waals surface area contributed by atoms with Crippen LogP contribution in [0, 0.1) is 11.7 Å². The van der Waals surface area contributed by atoms with E-state index in [2.05, 4.69) is 5.32 Å². The van der Waals surface area contributed by atoms with Crippen molar-refractivity contribution >= 4 is 0 Å². The maximum absolute atomic E-state index is 13.7. The molecule has 0 aliphatic carbocycles. The van der Waals surface area contributed by atoms with Crippen molar-refractivity contribution in [2.45, 2.75) is 19.4 Å². The van der Waals surface area contributed by atoms with Crippen molar-refractivity contribution in [3.8, 4) is 5.75 Å². The molecule has 1 N–H and O–H groups in total. The van der Waals surface area contributed by atoms with Crippen molar-refractivity contribution in [3.63, 3.8) is 0 Å². The number of ether oxygens (including phenoxy) is 2.